The van der Waals surface area contributed by atoms with E-state index in [9.17, 15) is 4.79 Å². The number of carboxylic acids is 1. The van der Waals surface area contributed by atoms with Crippen LogP contribution >= 0.6 is 0 Å². The molecule has 0 spiro atoms. The van der Waals surface area contributed by atoms with Crippen molar-refractivity contribution in [3.05, 3.63) is 24.3 Å². The first-order chi connectivity index (χ1) is 6.22. The number of hydrogen-bond donors (Lipinski definition) is 2. The summed E-state index contributed by atoms with van der Waals surface area (Å²) in [5.74, 6) is -0.441. The summed E-state index contributed by atoms with van der Waals surface area (Å²) >= 11 is 0. The molecule has 1 heterocycles. The lowest BCUT2D eigenvalue weighted by Crippen LogP contribution is -2.17. The highest BCUT2D eigenvalue weighted by Crippen LogP contribution is 2.35. The fourth-order valence-corrected chi connectivity index (χ4v) is 2.03. The number of carbonyl (C=O) groups is 1. The number of nitrogens with one attached hydrogen (secondary N) is 1. The first-order valence-electron chi connectivity index (χ1n) is 4.53. The number of hydrogen-bond acceptors (Lipinski definition) is 2. The van der Waals surface area contributed by atoms with Crippen LogP contribution in [0.3, 0.4) is 0 Å². The molecule has 0 bridgehead atoms. The average molecular weight is 179 g/mol. The molecule has 3 atom stereocenters. The van der Waals surface area contributed by atoms with Crippen LogP contribution in [-0.2, 0) is 4.79 Å². The second-order valence-electron chi connectivity index (χ2n) is 3.69. The van der Waals surface area contributed by atoms with Crippen molar-refractivity contribution in [3.8, 4) is 0 Å². The molecule has 3 nitrogen and oxygen atoms in total. The third-order valence-corrected chi connectivity index (χ3v) is 2.76. The number of aliphatic carboxylic acids is 1. The van der Waals surface area contributed by atoms with Crippen LogP contribution in [0.1, 0.15) is 12.8 Å². The van der Waals surface area contributed by atoms with Gasteiger partial charge in [-0.3, -0.25) is 0 Å². The van der Waals surface area contributed by atoms with Crippen LogP contribution in [0.4, 0.5) is 0 Å². The molecule has 0 unspecified atom stereocenters. The van der Waals surface area contributed by atoms with E-state index in [-0.39, 0.29) is 0 Å². The van der Waals surface area contributed by atoms with Crippen LogP contribution in [0.5, 0.6) is 0 Å². The van der Waals surface area contributed by atoms with Gasteiger partial charge in [0, 0.05) is 17.7 Å². The summed E-state index contributed by atoms with van der Waals surface area (Å²) in [7, 11) is 0. The molecule has 0 amide bonds. The highest BCUT2D eigenvalue weighted by molar-refractivity contribution is 5.87. The lowest BCUT2D eigenvalue weighted by Gasteiger charge is -2.15. The minimum atomic E-state index is -0.777. The SMILES string of the molecule is C=CC[C@H]1C=C(C(=O)O)C[C@@H]2N[C@H]12. The molecule has 70 valence electrons. The standard InChI is InChI=1S/C10H13NO2/c1-2-3-6-4-7(10(12)13)5-8-9(6)11-8/h2,4,6,8-9,11H,1,3,5H2,(H,12,13)/t6-,8-,9+/m0/s1. The van der Waals surface area contributed by atoms with E-state index in [2.05, 4.69) is 11.9 Å². The summed E-state index contributed by atoms with van der Waals surface area (Å²) < 4.78 is 0. The van der Waals surface area contributed by atoms with Gasteiger partial charge in [-0.2, -0.15) is 0 Å². The first-order valence-corrected chi connectivity index (χ1v) is 4.53. The average Bonchev–Trinajstić information content (AvgIpc) is 2.83. The summed E-state index contributed by atoms with van der Waals surface area (Å²) in [5, 5.41) is 12.1. The van der Waals surface area contributed by atoms with Crippen molar-refractivity contribution >= 4 is 5.97 Å². The molecule has 2 aliphatic rings. The van der Waals surface area contributed by atoms with Crippen LogP contribution in [0.25, 0.3) is 0 Å². The fraction of sp³-hybridized carbons (Fsp3) is 0.500. The Morgan fingerprint density at radius 3 is 3.23 bits per heavy atom. The molecule has 2 rings (SSSR count). The van der Waals surface area contributed by atoms with Gasteiger partial charge in [-0.25, -0.2) is 4.79 Å². The van der Waals surface area contributed by atoms with Gasteiger partial charge in [0.2, 0.25) is 0 Å². The molecule has 1 fully saturated rings. The fourth-order valence-electron chi connectivity index (χ4n) is 2.03. The number of rotatable bonds is 3. The normalized spacial score (nSPS) is 36.0. The maximum absolute atomic E-state index is 10.7. The van der Waals surface area contributed by atoms with Crippen LogP contribution < -0.4 is 5.32 Å². The van der Waals surface area contributed by atoms with Gasteiger partial charge in [0.1, 0.15) is 0 Å². The van der Waals surface area contributed by atoms with Crippen molar-refractivity contribution in [3.63, 3.8) is 0 Å². The molecule has 0 saturated carbocycles. The minimum Gasteiger partial charge on any atom is -0.478 e. The molecule has 0 aromatic heterocycles. The maximum Gasteiger partial charge on any atom is 0.331 e. The molecule has 0 aromatic rings. The third kappa shape index (κ3) is 1.52. The number of fused-ring (bicyclic) bond motifs is 1. The predicted molar refractivity (Wildman–Crippen MR) is 49.4 cm³/mol. The van der Waals surface area contributed by atoms with Gasteiger partial charge in [0.05, 0.1) is 0 Å². The van der Waals surface area contributed by atoms with Crippen molar-refractivity contribution < 1.29 is 9.90 Å². The third-order valence-electron chi connectivity index (χ3n) is 2.76. The highest BCUT2D eigenvalue weighted by Gasteiger charge is 2.45. The first kappa shape index (κ1) is 8.51. The number of allylic oxidation sites excluding steroid dienone is 1. The summed E-state index contributed by atoms with van der Waals surface area (Å²) in [6, 6.07) is 0.905. The van der Waals surface area contributed by atoms with Crippen molar-refractivity contribution in [1.82, 2.24) is 5.32 Å². The van der Waals surface area contributed by atoms with Crippen LogP contribution in [0.2, 0.25) is 0 Å². The Labute approximate surface area is 77.1 Å². The van der Waals surface area contributed by atoms with Crippen molar-refractivity contribution in [1.29, 1.82) is 0 Å². The summed E-state index contributed by atoms with van der Waals surface area (Å²) in [6.45, 7) is 3.67. The van der Waals surface area contributed by atoms with Crippen molar-refractivity contribution in [2.24, 2.45) is 5.92 Å². The Balaban J connectivity index is 2.13. The van der Waals surface area contributed by atoms with Crippen LogP contribution in [-0.4, -0.2) is 23.2 Å². The van der Waals surface area contributed by atoms with E-state index in [1.54, 1.807) is 0 Å². The van der Waals surface area contributed by atoms with Crippen LogP contribution in [0.15, 0.2) is 24.3 Å². The molecule has 13 heavy (non-hydrogen) atoms. The Kier molecular flexibility index (Phi) is 1.96. The minimum absolute atomic E-state index is 0.336. The lowest BCUT2D eigenvalue weighted by molar-refractivity contribution is -0.132. The molecule has 0 aromatic carbocycles. The summed E-state index contributed by atoms with van der Waals surface area (Å²) in [6.07, 6.45) is 5.27. The molecule has 1 saturated heterocycles. The Morgan fingerprint density at radius 1 is 1.85 bits per heavy atom. The Morgan fingerprint density at radius 2 is 2.62 bits per heavy atom. The summed E-state index contributed by atoms with van der Waals surface area (Å²) in [4.78, 5) is 10.7. The van der Waals surface area contributed by atoms with Gasteiger partial charge in [-0.15, -0.1) is 6.58 Å². The van der Waals surface area contributed by atoms with Gasteiger partial charge < -0.3 is 10.4 Å². The van der Waals surface area contributed by atoms with Gasteiger partial charge in [0.15, 0.2) is 0 Å². The Bertz CT molecular complexity index is 283. The highest BCUT2D eigenvalue weighted by atomic mass is 16.4. The van der Waals surface area contributed by atoms with E-state index in [4.69, 9.17) is 5.11 Å². The van der Waals surface area contributed by atoms with Crippen molar-refractivity contribution in [2.45, 2.75) is 24.9 Å². The summed E-state index contributed by atoms with van der Waals surface area (Å²) in [5.41, 5.74) is 0.554. The maximum atomic E-state index is 10.7. The molecule has 0 radical (unpaired) electrons. The second-order valence-corrected chi connectivity index (χ2v) is 3.69. The van der Waals surface area contributed by atoms with E-state index >= 15 is 0 Å². The van der Waals surface area contributed by atoms with E-state index in [1.807, 2.05) is 12.2 Å². The molecular formula is C10H13NO2. The van der Waals surface area contributed by atoms with Crippen molar-refractivity contribution in [2.75, 3.05) is 0 Å². The second kappa shape index (κ2) is 3.00. The molecule has 3 heteroatoms. The quantitative estimate of drug-likeness (QED) is 0.500. The predicted octanol–water partition coefficient (Wildman–Crippen LogP) is 0.934. The Hall–Kier alpha value is -1.09. The monoisotopic (exact) mass is 179 g/mol. The molecule has 1 aliphatic heterocycles. The zero-order chi connectivity index (χ0) is 9.42. The molecule has 1 aliphatic carbocycles. The topological polar surface area (TPSA) is 59.2 Å². The van der Waals surface area contributed by atoms with E-state index in [0.29, 0.717) is 30.0 Å². The zero-order valence-corrected chi connectivity index (χ0v) is 7.36. The van der Waals surface area contributed by atoms with Gasteiger partial charge in [-0.05, 0) is 18.8 Å². The van der Waals surface area contributed by atoms with E-state index in [1.165, 1.54) is 0 Å². The zero-order valence-electron chi connectivity index (χ0n) is 7.36. The van der Waals surface area contributed by atoms with E-state index < -0.39 is 5.97 Å². The molecule has 2 N–H and O–H groups in total. The van der Waals surface area contributed by atoms with E-state index in [0.717, 1.165) is 6.42 Å². The smallest absolute Gasteiger partial charge is 0.331 e. The van der Waals surface area contributed by atoms with Gasteiger partial charge >= 0.3 is 5.97 Å². The lowest BCUT2D eigenvalue weighted by atomic mass is 9.88. The number of carboxylic acid groups (broad SMARTS) is 1. The van der Waals surface area contributed by atoms with Crippen LogP contribution in [0, 0.1) is 5.92 Å². The molecular weight excluding hydrogens is 166 g/mol. The largest absolute Gasteiger partial charge is 0.478 e. The van der Waals surface area contributed by atoms with Gasteiger partial charge in [-0.1, -0.05) is 12.2 Å². The van der Waals surface area contributed by atoms with Gasteiger partial charge in [0.25, 0.3) is 0 Å².